The molecule has 0 atom stereocenters. The van der Waals surface area contributed by atoms with Crippen molar-refractivity contribution in [2.24, 2.45) is 0 Å². The van der Waals surface area contributed by atoms with E-state index in [1.165, 1.54) is 0 Å². The first-order chi connectivity index (χ1) is 15.9. The van der Waals surface area contributed by atoms with Crippen molar-refractivity contribution in [2.45, 2.75) is 13.2 Å². The van der Waals surface area contributed by atoms with Gasteiger partial charge in [0.15, 0.2) is 0 Å². The van der Waals surface area contributed by atoms with Crippen LogP contribution in [0.4, 0.5) is 0 Å². The van der Waals surface area contributed by atoms with Crippen LogP contribution in [0.5, 0.6) is 5.75 Å². The summed E-state index contributed by atoms with van der Waals surface area (Å²) >= 11 is 24.7. The highest BCUT2D eigenvalue weighted by atomic mass is 35.5. The molecule has 0 unspecified atom stereocenters. The molecule has 0 saturated carbocycles. The Kier molecular flexibility index (Phi) is 8.05. The van der Waals surface area contributed by atoms with Gasteiger partial charge in [-0.2, -0.15) is 0 Å². The molecule has 1 saturated heterocycles. The number of hydrogen-bond donors (Lipinski definition) is 0. The minimum Gasteiger partial charge on any atom is -0.487 e. The molecule has 1 fully saturated rings. The van der Waals surface area contributed by atoms with Crippen molar-refractivity contribution in [3.8, 4) is 5.75 Å². The van der Waals surface area contributed by atoms with E-state index in [-0.39, 0.29) is 5.91 Å². The maximum Gasteiger partial charge on any atom is 0.253 e. The molecule has 0 radical (unpaired) electrons. The smallest absolute Gasteiger partial charge is 0.253 e. The van der Waals surface area contributed by atoms with Crippen molar-refractivity contribution in [3.05, 3.63) is 97.4 Å². The van der Waals surface area contributed by atoms with Gasteiger partial charge in [0.25, 0.3) is 5.91 Å². The van der Waals surface area contributed by atoms with Crippen LogP contribution >= 0.6 is 46.4 Å². The quantitative estimate of drug-likeness (QED) is 0.354. The molecule has 3 aromatic carbocycles. The van der Waals surface area contributed by atoms with Gasteiger partial charge >= 0.3 is 0 Å². The first-order valence-electron chi connectivity index (χ1n) is 10.5. The zero-order chi connectivity index (χ0) is 23.4. The Morgan fingerprint density at radius 2 is 1.52 bits per heavy atom. The van der Waals surface area contributed by atoms with Crippen molar-refractivity contribution in [3.63, 3.8) is 0 Å². The summed E-state index contributed by atoms with van der Waals surface area (Å²) in [6, 6.07) is 18.1. The number of ether oxygens (including phenoxy) is 1. The fraction of sp³-hybridized carbons (Fsp3) is 0.240. The van der Waals surface area contributed by atoms with Gasteiger partial charge in [0.1, 0.15) is 12.4 Å². The van der Waals surface area contributed by atoms with Gasteiger partial charge in [-0.1, -0.05) is 64.6 Å². The number of carbonyl (C=O) groups excluding carboxylic acids is 1. The maximum absolute atomic E-state index is 13.1. The number of halogens is 4. The molecule has 4 rings (SSSR count). The lowest BCUT2D eigenvalue weighted by molar-refractivity contribution is 0.0628. The summed E-state index contributed by atoms with van der Waals surface area (Å²) in [6.07, 6.45) is 0. The Morgan fingerprint density at radius 1 is 0.818 bits per heavy atom. The predicted octanol–water partition coefficient (Wildman–Crippen LogP) is 6.84. The van der Waals surface area contributed by atoms with E-state index in [4.69, 9.17) is 51.1 Å². The molecule has 0 N–H and O–H groups in total. The summed E-state index contributed by atoms with van der Waals surface area (Å²) in [5.74, 6) is 0.560. The molecular formula is C25H22Cl4N2O2. The van der Waals surface area contributed by atoms with E-state index >= 15 is 0 Å². The van der Waals surface area contributed by atoms with Crippen molar-refractivity contribution >= 4 is 52.3 Å². The fourth-order valence-corrected chi connectivity index (χ4v) is 4.73. The summed E-state index contributed by atoms with van der Waals surface area (Å²) in [5, 5.41) is 2.33. The topological polar surface area (TPSA) is 32.8 Å². The summed E-state index contributed by atoms with van der Waals surface area (Å²) in [7, 11) is 0. The molecule has 8 heteroatoms. The highest BCUT2D eigenvalue weighted by Crippen LogP contribution is 2.28. The van der Waals surface area contributed by atoms with Crippen LogP contribution in [0.1, 0.15) is 21.5 Å². The largest absolute Gasteiger partial charge is 0.487 e. The molecule has 0 spiro atoms. The van der Waals surface area contributed by atoms with Crippen LogP contribution in [0.2, 0.25) is 20.1 Å². The highest BCUT2D eigenvalue weighted by molar-refractivity contribution is 6.36. The maximum atomic E-state index is 13.1. The molecule has 0 aromatic heterocycles. The van der Waals surface area contributed by atoms with Crippen LogP contribution in [-0.4, -0.2) is 41.9 Å². The standard InChI is InChI=1S/C25H22Cl4N2O2/c26-19-7-8-24(23(29)14-19)33-16-17-3-1-4-18(13-17)25(32)31-11-9-30(10-12-31)15-20-21(27)5-2-6-22(20)28/h1-8,13-14H,9-12,15-16H2. The van der Waals surface area contributed by atoms with Crippen LogP contribution in [0, 0.1) is 0 Å². The van der Waals surface area contributed by atoms with Gasteiger partial charge in [-0.05, 0) is 48.0 Å². The monoisotopic (exact) mass is 522 g/mol. The Morgan fingerprint density at radius 3 is 2.21 bits per heavy atom. The zero-order valence-corrected chi connectivity index (χ0v) is 20.8. The number of hydrogen-bond acceptors (Lipinski definition) is 3. The lowest BCUT2D eigenvalue weighted by Crippen LogP contribution is -2.48. The number of benzene rings is 3. The highest BCUT2D eigenvalue weighted by Gasteiger charge is 2.23. The van der Waals surface area contributed by atoms with E-state index < -0.39 is 0 Å². The van der Waals surface area contributed by atoms with E-state index in [1.54, 1.807) is 18.2 Å². The lowest BCUT2D eigenvalue weighted by Gasteiger charge is -2.35. The summed E-state index contributed by atoms with van der Waals surface area (Å²) < 4.78 is 5.80. The number of nitrogens with zero attached hydrogens (tertiary/aromatic N) is 2. The van der Waals surface area contributed by atoms with Gasteiger partial charge in [0.2, 0.25) is 0 Å². The Labute approximate surface area is 213 Å². The van der Waals surface area contributed by atoms with Gasteiger partial charge in [-0.15, -0.1) is 0 Å². The van der Waals surface area contributed by atoms with E-state index in [1.807, 2.05) is 47.4 Å². The first kappa shape index (κ1) is 24.2. The molecule has 1 amide bonds. The molecule has 3 aromatic rings. The third kappa shape index (κ3) is 6.14. The third-order valence-corrected chi connectivity index (χ3v) is 6.80. The second-order valence-electron chi connectivity index (χ2n) is 7.83. The van der Waals surface area contributed by atoms with Crippen LogP contribution in [-0.2, 0) is 13.2 Å². The third-order valence-electron chi connectivity index (χ3n) is 5.57. The predicted molar refractivity (Wildman–Crippen MR) is 135 cm³/mol. The van der Waals surface area contributed by atoms with E-state index in [9.17, 15) is 4.79 Å². The number of piperazine rings is 1. The average molecular weight is 524 g/mol. The average Bonchev–Trinajstić information content (AvgIpc) is 2.81. The fourth-order valence-electron chi connectivity index (χ4n) is 3.75. The summed E-state index contributed by atoms with van der Waals surface area (Å²) in [5.41, 5.74) is 2.45. The van der Waals surface area contributed by atoms with Crippen LogP contribution < -0.4 is 4.74 Å². The van der Waals surface area contributed by atoms with Crippen molar-refractivity contribution in [1.82, 2.24) is 9.80 Å². The van der Waals surface area contributed by atoms with Gasteiger partial charge < -0.3 is 9.64 Å². The molecule has 1 aliphatic heterocycles. The molecule has 0 aliphatic carbocycles. The molecule has 1 aliphatic rings. The second kappa shape index (κ2) is 11.0. The van der Waals surface area contributed by atoms with Gasteiger partial charge in [-0.3, -0.25) is 9.69 Å². The molecule has 33 heavy (non-hydrogen) atoms. The lowest BCUT2D eigenvalue weighted by atomic mass is 10.1. The number of rotatable bonds is 6. The van der Waals surface area contributed by atoms with Gasteiger partial charge in [-0.25, -0.2) is 0 Å². The Hall–Kier alpha value is -1.95. The molecular weight excluding hydrogens is 502 g/mol. The van der Waals surface area contributed by atoms with Crippen molar-refractivity contribution in [1.29, 1.82) is 0 Å². The number of amides is 1. The number of carbonyl (C=O) groups is 1. The van der Waals surface area contributed by atoms with Gasteiger partial charge in [0.05, 0.1) is 5.02 Å². The molecule has 4 nitrogen and oxygen atoms in total. The minimum absolute atomic E-state index is 0.0109. The van der Waals surface area contributed by atoms with E-state index in [0.717, 1.165) is 24.2 Å². The van der Waals surface area contributed by atoms with E-state index in [2.05, 4.69) is 4.90 Å². The Balaban J connectivity index is 1.34. The van der Waals surface area contributed by atoms with Crippen molar-refractivity contribution in [2.75, 3.05) is 26.2 Å². The SMILES string of the molecule is O=C(c1cccc(COc2ccc(Cl)cc2Cl)c1)N1CCN(Cc2c(Cl)cccc2Cl)CC1. The van der Waals surface area contributed by atoms with Crippen molar-refractivity contribution < 1.29 is 9.53 Å². The summed E-state index contributed by atoms with van der Waals surface area (Å²) in [6.45, 7) is 3.76. The molecule has 172 valence electrons. The van der Waals surface area contributed by atoms with Crippen LogP contribution in [0.25, 0.3) is 0 Å². The Bertz CT molecular complexity index is 1130. The van der Waals surface area contributed by atoms with E-state index in [0.29, 0.717) is 57.6 Å². The minimum atomic E-state index is 0.0109. The first-order valence-corrected chi connectivity index (χ1v) is 12.0. The second-order valence-corrected chi connectivity index (χ2v) is 9.49. The molecule has 1 heterocycles. The van der Waals surface area contributed by atoms with Crippen LogP contribution in [0.3, 0.4) is 0 Å². The zero-order valence-electron chi connectivity index (χ0n) is 17.7. The normalized spacial score (nSPS) is 14.4. The molecule has 0 bridgehead atoms. The van der Waals surface area contributed by atoms with Crippen LogP contribution in [0.15, 0.2) is 60.7 Å². The van der Waals surface area contributed by atoms with Gasteiger partial charge in [0, 0.05) is 58.9 Å². The summed E-state index contributed by atoms with van der Waals surface area (Å²) in [4.78, 5) is 17.2.